The van der Waals surface area contributed by atoms with Crippen molar-refractivity contribution in [3.63, 3.8) is 0 Å². The van der Waals surface area contributed by atoms with Crippen molar-refractivity contribution in [2.24, 2.45) is 0 Å². The molecule has 0 heterocycles. The Morgan fingerprint density at radius 2 is 1.69 bits per heavy atom. The first-order valence-corrected chi connectivity index (χ1v) is 5.92. The smallest absolute Gasteiger partial charge is 0.0195 e. The topological polar surface area (TPSA) is 0 Å². The molecular formula is C16H24. The van der Waals surface area contributed by atoms with Gasteiger partial charge in [0.25, 0.3) is 0 Å². The molecule has 0 unspecified atom stereocenters. The summed E-state index contributed by atoms with van der Waals surface area (Å²) < 4.78 is 0. The van der Waals surface area contributed by atoms with Crippen LogP contribution in [0.4, 0.5) is 0 Å². The SMILES string of the molecule is C=C(C)/C=C(/C)c1cccc(C)c1C.CC. The van der Waals surface area contributed by atoms with Gasteiger partial charge in [-0.25, -0.2) is 0 Å². The van der Waals surface area contributed by atoms with Crippen LogP contribution in [0.2, 0.25) is 0 Å². The van der Waals surface area contributed by atoms with Crippen LogP contribution in [0, 0.1) is 13.8 Å². The van der Waals surface area contributed by atoms with E-state index in [1.807, 2.05) is 20.8 Å². The van der Waals surface area contributed by atoms with E-state index in [0.717, 1.165) is 5.57 Å². The molecule has 88 valence electrons. The van der Waals surface area contributed by atoms with Crippen molar-refractivity contribution in [2.45, 2.75) is 41.5 Å². The zero-order valence-corrected chi connectivity index (χ0v) is 11.5. The Morgan fingerprint density at radius 3 is 2.19 bits per heavy atom. The lowest BCUT2D eigenvalue weighted by molar-refractivity contribution is 1.31. The first-order valence-electron chi connectivity index (χ1n) is 5.92. The summed E-state index contributed by atoms with van der Waals surface area (Å²) in [5, 5.41) is 0. The molecule has 1 aromatic rings. The van der Waals surface area contributed by atoms with Gasteiger partial charge >= 0.3 is 0 Å². The lowest BCUT2D eigenvalue weighted by Crippen LogP contribution is -1.89. The number of aryl methyl sites for hydroxylation is 1. The fourth-order valence-electron chi connectivity index (χ4n) is 1.63. The van der Waals surface area contributed by atoms with Crippen molar-refractivity contribution in [3.05, 3.63) is 53.1 Å². The molecule has 0 atom stereocenters. The number of rotatable bonds is 2. The molecule has 0 saturated heterocycles. The summed E-state index contributed by atoms with van der Waals surface area (Å²) in [4.78, 5) is 0. The van der Waals surface area contributed by atoms with Gasteiger partial charge in [-0.15, -0.1) is 0 Å². The van der Waals surface area contributed by atoms with Gasteiger partial charge in [0.15, 0.2) is 0 Å². The van der Waals surface area contributed by atoms with E-state index >= 15 is 0 Å². The minimum absolute atomic E-state index is 1.10. The first-order chi connectivity index (χ1) is 7.52. The molecule has 16 heavy (non-hydrogen) atoms. The number of allylic oxidation sites excluding steroid dienone is 3. The molecule has 0 aliphatic carbocycles. The van der Waals surface area contributed by atoms with Gasteiger partial charge < -0.3 is 0 Å². The van der Waals surface area contributed by atoms with Gasteiger partial charge in [0.2, 0.25) is 0 Å². The zero-order valence-electron chi connectivity index (χ0n) is 11.5. The molecule has 0 aliphatic heterocycles. The van der Waals surface area contributed by atoms with E-state index < -0.39 is 0 Å². The van der Waals surface area contributed by atoms with Gasteiger partial charge in [-0.05, 0) is 50.0 Å². The van der Waals surface area contributed by atoms with E-state index in [1.54, 1.807) is 0 Å². The van der Waals surface area contributed by atoms with Crippen molar-refractivity contribution in [3.8, 4) is 0 Å². The summed E-state index contributed by atoms with van der Waals surface area (Å²) in [6.45, 7) is 16.4. The lowest BCUT2D eigenvalue weighted by Gasteiger charge is -2.08. The second-order valence-electron chi connectivity index (χ2n) is 3.92. The second kappa shape index (κ2) is 7.05. The maximum absolute atomic E-state index is 3.90. The molecule has 0 aromatic heterocycles. The summed E-state index contributed by atoms with van der Waals surface area (Å²) in [7, 11) is 0. The molecule has 0 radical (unpaired) electrons. The van der Waals surface area contributed by atoms with Crippen molar-refractivity contribution < 1.29 is 0 Å². The molecule has 0 bridgehead atoms. The van der Waals surface area contributed by atoms with Crippen molar-refractivity contribution in [2.75, 3.05) is 0 Å². The molecule has 0 amide bonds. The molecule has 0 N–H and O–H groups in total. The molecule has 0 nitrogen and oxygen atoms in total. The normalized spacial score (nSPS) is 10.5. The van der Waals surface area contributed by atoms with Crippen LogP contribution in [-0.4, -0.2) is 0 Å². The molecule has 0 fully saturated rings. The second-order valence-corrected chi connectivity index (χ2v) is 3.92. The molecule has 1 aromatic carbocycles. The fourth-order valence-corrected chi connectivity index (χ4v) is 1.63. The standard InChI is InChI=1S/C14H18.C2H6/c1-10(2)9-12(4)14-8-6-7-11(3)13(14)5;1-2/h6-9H,1H2,2-5H3;1-2H3/b12-9-;. The summed E-state index contributed by atoms with van der Waals surface area (Å²) in [5.74, 6) is 0. The number of hydrogen-bond donors (Lipinski definition) is 0. The van der Waals surface area contributed by atoms with E-state index in [0.29, 0.717) is 0 Å². The van der Waals surface area contributed by atoms with E-state index in [1.165, 1.54) is 22.3 Å². The van der Waals surface area contributed by atoms with Crippen LogP contribution in [0.15, 0.2) is 36.4 Å². The van der Waals surface area contributed by atoms with Crippen molar-refractivity contribution >= 4 is 5.57 Å². The first kappa shape index (κ1) is 14.7. The Morgan fingerprint density at radius 1 is 1.12 bits per heavy atom. The summed E-state index contributed by atoms with van der Waals surface area (Å²) >= 11 is 0. The van der Waals surface area contributed by atoms with Gasteiger partial charge in [0, 0.05) is 0 Å². The maximum atomic E-state index is 3.90. The van der Waals surface area contributed by atoms with E-state index in [4.69, 9.17) is 0 Å². The van der Waals surface area contributed by atoms with Crippen LogP contribution in [0.25, 0.3) is 5.57 Å². The fraction of sp³-hybridized carbons (Fsp3) is 0.375. The van der Waals surface area contributed by atoms with Crippen LogP contribution in [-0.2, 0) is 0 Å². The highest BCUT2D eigenvalue weighted by Crippen LogP contribution is 2.21. The van der Waals surface area contributed by atoms with Crippen LogP contribution in [0.5, 0.6) is 0 Å². The van der Waals surface area contributed by atoms with Gasteiger partial charge in [0.1, 0.15) is 0 Å². The highest BCUT2D eigenvalue weighted by atomic mass is 14.1. The predicted octanol–water partition coefficient (Wildman–Crippen LogP) is 5.31. The molecule has 0 spiro atoms. The average Bonchev–Trinajstić information content (AvgIpc) is 2.24. The minimum atomic E-state index is 1.10. The lowest BCUT2D eigenvalue weighted by atomic mass is 9.97. The zero-order chi connectivity index (χ0) is 12.7. The maximum Gasteiger partial charge on any atom is -0.0195 e. The van der Waals surface area contributed by atoms with Crippen molar-refractivity contribution in [1.29, 1.82) is 0 Å². The largest absolute Gasteiger partial charge is 0.0961 e. The van der Waals surface area contributed by atoms with Gasteiger partial charge in [-0.3, -0.25) is 0 Å². The van der Waals surface area contributed by atoms with E-state index in [-0.39, 0.29) is 0 Å². The van der Waals surface area contributed by atoms with Crippen molar-refractivity contribution in [1.82, 2.24) is 0 Å². The van der Waals surface area contributed by atoms with Crippen LogP contribution >= 0.6 is 0 Å². The molecular weight excluding hydrogens is 192 g/mol. The molecule has 0 saturated carbocycles. The van der Waals surface area contributed by atoms with E-state index in [2.05, 4.69) is 51.6 Å². The molecule has 1 rings (SSSR count). The van der Waals surface area contributed by atoms with Gasteiger partial charge in [-0.1, -0.05) is 50.3 Å². The monoisotopic (exact) mass is 216 g/mol. The Balaban J connectivity index is 0.00000106. The third-order valence-electron chi connectivity index (χ3n) is 2.49. The third kappa shape index (κ3) is 4.06. The summed E-state index contributed by atoms with van der Waals surface area (Å²) in [6, 6.07) is 6.41. The average molecular weight is 216 g/mol. The molecule has 0 aliphatic rings. The summed E-state index contributed by atoms with van der Waals surface area (Å²) in [6.07, 6.45) is 2.13. The highest BCUT2D eigenvalue weighted by molar-refractivity contribution is 5.69. The van der Waals surface area contributed by atoms with E-state index in [9.17, 15) is 0 Å². The van der Waals surface area contributed by atoms with Crippen LogP contribution in [0.1, 0.15) is 44.4 Å². The van der Waals surface area contributed by atoms with Gasteiger partial charge in [0.05, 0.1) is 0 Å². The quantitative estimate of drug-likeness (QED) is 0.588. The Bertz CT molecular complexity index is 381. The highest BCUT2D eigenvalue weighted by Gasteiger charge is 2.01. The Labute approximate surface area is 101 Å². The van der Waals surface area contributed by atoms with Gasteiger partial charge in [-0.2, -0.15) is 0 Å². The predicted molar refractivity (Wildman–Crippen MR) is 75.7 cm³/mol. The number of hydrogen-bond acceptors (Lipinski definition) is 0. The Kier molecular flexibility index (Phi) is 6.48. The number of benzene rings is 1. The third-order valence-corrected chi connectivity index (χ3v) is 2.49. The minimum Gasteiger partial charge on any atom is -0.0961 e. The summed E-state index contributed by atoms with van der Waals surface area (Å²) in [5.41, 5.74) is 6.43. The van der Waals surface area contributed by atoms with Crippen LogP contribution in [0.3, 0.4) is 0 Å². The van der Waals surface area contributed by atoms with Crippen LogP contribution < -0.4 is 0 Å². The Hall–Kier alpha value is -1.30. The molecule has 0 heteroatoms.